The molecule has 0 aliphatic heterocycles. The van der Waals surface area contributed by atoms with Crippen LogP contribution in [0.1, 0.15) is 0 Å². The second-order valence-corrected chi connectivity index (χ2v) is 0. The topological polar surface area (TPSA) is 0 Å². The third-order valence-corrected chi connectivity index (χ3v) is 0. The van der Waals surface area contributed by atoms with Crippen molar-refractivity contribution < 1.29 is 20.2 Å². The van der Waals surface area contributed by atoms with Gasteiger partial charge in [0.2, 0.25) is 0 Å². The van der Waals surface area contributed by atoms with E-state index in [-0.39, 0.29) is 40.4 Å². The predicted octanol–water partition coefficient (Wildman–Crippen LogP) is -3.02. The first-order valence-electron chi connectivity index (χ1n) is 0.500. The zero-order chi connectivity index (χ0) is 2.00. The smallest absolute Gasteiger partial charge is 0.316 e. The van der Waals surface area contributed by atoms with Crippen molar-refractivity contribution in [1.29, 1.82) is 0 Å². The summed E-state index contributed by atoms with van der Waals surface area (Å²) in [6.45, 7) is 0. The van der Waals surface area contributed by atoms with E-state index in [9.17, 15) is 0 Å². The first kappa shape index (κ1) is 16.5. The van der Waals surface area contributed by atoms with Crippen molar-refractivity contribution in [3.63, 3.8) is 0 Å². The molecule has 0 bridgehead atoms. The third-order valence-electron chi connectivity index (χ3n) is 0. The van der Waals surface area contributed by atoms with Gasteiger partial charge in [-0.3, -0.25) is 0 Å². The Morgan fingerprint density at radius 1 is 1.25 bits per heavy atom. The summed E-state index contributed by atoms with van der Waals surface area (Å²) in [5.41, 5.74) is 0. The van der Waals surface area contributed by atoms with Gasteiger partial charge in [0.15, 0.2) is 17.4 Å². The van der Waals surface area contributed by atoms with E-state index in [1.54, 1.807) is 0 Å². The molecule has 0 saturated heterocycles. The average molecular weight is 117 g/mol. The molecule has 0 spiro atoms. The van der Waals surface area contributed by atoms with E-state index < -0.39 is 0 Å². The van der Waals surface area contributed by atoms with Crippen LogP contribution in [-0.2, 0) is 20.2 Å². The Morgan fingerprint density at radius 3 is 1.25 bits per heavy atom. The molecule has 0 rings (SSSR count). The fraction of sp³-hybridized carbons (Fsp3) is 0. The van der Waals surface area contributed by atoms with E-state index in [2.05, 4.69) is 0 Å². The van der Waals surface area contributed by atoms with Crippen molar-refractivity contribution in [2.24, 2.45) is 0 Å². The molecule has 0 fully saturated rings. The minimum Gasteiger partial charge on any atom is 0.316 e. The summed E-state index contributed by atoms with van der Waals surface area (Å²) in [5.74, 6) is 0. The monoisotopic (exact) mass is 117 g/mol. The van der Waals surface area contributed by atoms with Gasteiger partial charge in [-0.05, 0) is 0 Å². The zero-order valence-electron chi connectivity index (χ0n) is 1.50. The minimum absolute atomic E-state index is 0. The first-order chi connectivity index (χ1) is 1.00. The first-order valence-corrected chi connectivity index (χ1v) is 2.06. The van der Waals surface area contributed by atoms with Gasteiger partial charge in [0.1, 0.15) is 0 Å². The van der Waals surface area contributed by atoms with Gasteiger partial charge < -0.3 is 0 Å². The maximum atomic E-state index is 2.00. The molecule has 0 unspecified atom stereocenters. The van der Waals surface area contributed by atoms with Crippen LogP contribution in [0.2, 0.25) is 0 Å². The molecule has 4 heavy (non-hydrogen) atoms. The molecule has 0 aromatic carbocycles. The molecule has 0 aliphatic carbocycles. The van der Waals surface area contributed by atoms with Crippen LogP contribution in [0.4, 0.5) is 0 Å². The van der Waals surface area contributed by atoms with Crippen LogP contribution in [-0.4, -0.2) is 46.4 Å². The molecular weight excluding hydrogens is 110 g/mol. The van der Waals surface area contributed by atoms with E-state index in [1.165, 1.54) is 0 Å². The van der Waals surface area contributed by atoms with Crippen molar-refractivity contribution in [1.82, 2.24) is 0 Å². The molecular formula is H7AlBMgTi. The summed E-state index contributed by atoms with van der Waals surface area (Å²) in [6, 6.07) is 2.00. The van der Waals surface area contributed by atoms with E-state index in [1.807, 2.05) is 26.3 Å². The zero-order valence-corrected chi connectivity index (χ0v) is 3.06. The second kappa shape index (κ2) is 19.6. The summed E-state index contributed by atoms with van der Waals surface area (Å²) in [5, 5.41) is 0. The third kappa shape index (κ3) is 8.95. The van der Waals surface area contributed by atoms with Crippen LogP contribution in [0.15, 0.2) is 0 Å². The molecule has 0 aromatic rings. The fourth-order valence-corrected chi connectivity index (χ4v) is 0. The Hall–Kier alpha value is 2.08. The largest absolute Gasteiger partial charge is 0.316 e. The van der Waals surface area contributed by atoms with Gasteiger partial charge >= 0.3 is 49.3 Å². The summed E-state index contributed by atoms with van der Waals surface area (Å²) < 4.78 is 0. The Morgan fingerprint density at radius 2 is 1.25 bits per heavy atom. The van der Waals surface area contributed by atoms with Gasteiger partial charge in [-0.2, -0.15) is 0 Å². The summed E-state index contributed by atoms with van der Waals surface area (Å²) in [6.07, 6.45) is 0. The fourth-order valence-electron chi connectivity index (χ4n) is 0. The Labute approximate surface area is 66.0 Å². The van der Waals surface area contributed by atoms with Crippen molar-refractivity contribution in [2.45, 2.75) is 0 Å². The molecule has 19 valence electrons. The standard InChI is InChI=1S/Al.BH2.Mg.Ti.5H/h;1H2;;;;;;;/q;+1;;-1;;;;;. The summed E-state index contributed by atoms with van der Waals surface area (Å²) in [7, 11) is 0. The Balaban J connectivity index is -0.00000000500. The van der Waals surface area contributed by atoms with Crippen molar-refractivity contribution in [2.75, 3.05) is 0 Å². The molecule has 0 nitrogen and oxygen atoms in total. The van der Waals surface area contributed by atoms with Crippen LogP contribution < -0.4 is 0 Å². The number of rotatable bonds is 0. The molecule has 0 atom stereocenters. The Bertz CT molecular complexity index is 8.00. The van der Waals surface area contributed by atoms with E-state index in [4.69, 9.17) is 0 Å². The quantitative estimate of drug-likeness (QED) is 0.296. The van der Waals surface area contributed by atoms with Gasteiger partial charge in [0.25, 0.3) is 0 Å². The summed E-state index contributed by atoms with van der Waals surface area (Å²) >= 11 is 2.00. The molecule has 0 aliphatic rings. The van der Waals surface area contributed by atoms with Gasteiger partial charge in [0.05, 0.1) is 0 Å². The maximum absolute atomic E-state index is 2.00. The number of hydrogen-bond acceptors (Lipinski definition) is 0. The Kier molecular flexibility index (Phi) is 80.9. The van der Waals surface area contributed by atoms with E-state index >= 15 is 0 Å². The molecule has 0 amide bonds. The predicted molar refractivity (Wildman–Crippen MR) is 27.0 cm³/mol. The molecule has 0 heterocycles. The van der Waals surface area contributed by atoms with Crippen molar-refractivity contribution in [3.8, 4) is 0 Å². The molecule has 0 N–H and O–H groups in total. The van der Waals surface area contributed by atoms with E-state index in [0.29, 0.717) is 0 Å². The normalized spacial score (nSPS) is 0.750. The van der Waals surface area contributed by atoms with Crippen LogP contribution in [0, 0.1) is 0 Å². The van der Waals surface area contributed by atoms with Gasteiger partial charge in [-0.1, -0.05) is 0 Å². The number of hydrogen-bond donors (Lipinski definition) is 0. The van der Waals surface area contributed by atoms with Crippen LogP contribution in [0.5, 0.6) is 0 Å². The SMILES string of the molecule is [AlH3].[BH2][Ti].[MgH2]. The van der Waals surface area contributed by atoms with Gasteiger partial charge in [0, 0.05) is 0 Å². The van der Waals surface area contributed by atoms with Crippen molar-refractivity contribution >= 4 is 46.4 Å². The maximum Gasteiger partial charge on any atom is 0.316 e. The molecule has 0 aromatic heterocycles. The van der Waals surface area contributed by atoms with Gasteiger partial charge in [-0.15, -0.1) is 0 Å². The van der Waals surface area contributed by atoms with Crippen LogP contribution >= 0.6 is 0 Å². The van der Waals surface area contributed by atoms with Crippen molar-refractivity contribution in [3.05, 3.63) is 0 Å². The molecule has 0 radical (unpaired) electrons. The minimum atomic E-state index is 0. The van der Waals surface area contributed by atoms with Gasteiger partial charge in [-0.25, -0.2) is 0 Å². The molecule has 4 heteroatoms. The average Bonchev–Trinajstić information content (AvgIpc) is 1.00. The van der Waals surface area contributed by atoms with E-state index in [0.717, 1.165) is 0 Å². The van der Waals surface area contributed by atoms with Crippen LogP contribution in [0.25, 0.3) is 0 Å². The second-order valence-electron chi connectivity index (χ2n) is 0. The molecule has 0 saturated carbocycles. The summed E-state index contributed by atoms with van der Waals surface area (Å²) in [4.78, 5) is 0. The van der Waals surface area contributed by atoms with Crippen LogP contribution in [0.3, 0.4) is 0 Å².